The maximum Gasteiger partial charge on any atom is 0.124 e. The lowest BCUT2D eigenvalue weighted by Gasteiger charge is -2.19. The molecule has 1 fully saturated rings. The highest BCUT2D eigenvalue weighted by atomic mass is 16.5. The van der Waals surface area contributed by atoms with Crippen molar-refractivity contribution in [3.63, 3.8) is 0 Å². The second kappa shape index (κ2) is 3.05. The van der Waals surface area contributed by atoms with Crippen molar-refractivity contribution in [3.05, 3.63) is 18.0 Å². The minimum atomic E-state index is 0.572. The summed E-state index contributed by atoms with van der Waals surface area (Å²) in [5.74, 6) is 0.572. The monoisotopic (exact) mass is 152 g/mol. The molecule has 1 atom stereocenters. The van der Waals surface area contributed by atoms with Crippen LogP contribution in [0.1, 0.15) is 24.5 Å². The van der Waals surface area contributed by atoms with E-state index >= 15 is 0 Å². The van der Waals surface area contributed by atoms with Crippen molar-refractivity contribution < 1.29 is 4.52 Å². The molecule has 1 saturated heterocycles. The molecule has 0 spiro atoms. The Hall–Kier alpha value is -0.830. The van der Waals surface area contributed by atoms with Crippen LogP contribution in [0, 0.1) is 0 Å². The first-order valence-corrected chi connectivity index (χ1v) is 4.08. The van der Waals surface area contributed by atoms with Gasteiger partial charge in [0.1, 0.15) is 6.26 Å². The van der Waals surface area contributed by atoms with Crippen molar-refractivity contribution >= 4 is 0 Å². The summed E-state index contributed by atoms with van der Waals surface area (Å²) in [6.07, 6.45) is 4.13. The predicted octanol–water partition coefficient (Wildman–Crippen LogP) is 1.14. The molecule has 2 rings (SSSR count). The average Bonchev–Trinajstić information content (AvgIpc) is 2.58. The van der Waals surface area contributed by atoms with Crippen molar-refractivity contribution in [2.24, 2.45) is 0 Å². The molecule has 1 N–H and O–H groups in total. The van der Waals surface area contributed by atoms with Crippen LogP contribution in [0.5, 0.6) is 0 Å². The zero-order valence-corrected chi connectivity index (χ0v) is 6.42. The highest BCUT2D eigenvalue weighted by Crippen LogP contribution is 2.20. The van der Waals surface area contributed by atoms with E-state index in [0.717, 1.165) is 18.8 Å². The van der Waals surface area contributed by atoms with E-state index < -0.39 is 0 Å². The molecule has 1 aliphatic rings. The summed E-state index contributed by atoms with van der Waals surface area (Å²) in [6.45, 7) is 2.20. The first-order chi connectivity index (χ1) is 5.47. The summed E-state index contributed by atoms with van der Waals surface area (Å²) in [4.78, 5) is 0. The third-order valence-electron chi connectivity index (χ3n) is 2.17. The fourth-order valence-corrected chi connectivity index (χ4v) is 1.54. The number of nitrogens with zero attached hydrogens (tertiary/aromatic N) is 1. The molecule has 0 aromatic carbocycles. The molecule has 3 heteroatoms. The molecule has 60 valence electrons. The third kappa shape index (κ3) is 1.43. The van der Waals surface area contributed by atoms with Gasteiger partial charge in [-0.2, -0.15) is 0 Å². The van der Waals surface area contributed by atoms with E-state index in [0.29, 0.717) is 5.92 Å². The Labute approximate surface area is 65.8 Å². The molecule has 0 amide bonds. The standard InChI is InChI=1S/C8H12N2O/c1-2-7(6-9-4-1)8-3-5-11-10-8/h3,5,7,9H,1-2,4,6H2. The van der Waals surface area contributed by atoms with Crippen LogP contribution in [0.3, 0.4) is 0 Å². The van der Waals surface area contributed by atoms with E-state index in [1.807, 2.05) is 6.07 Å². The molecule has 1 unspecified atom stereocenters. The summed E-state index contributed by atoms with van der Waals surface area (Å²) < 4.78 is 4.79. The molecule has 0 saturated carbocycles. The summed E-state index contributed by atoms with van der Waals surface area (Å²) in [6, 6.07) is 1.96. The van der Waals surface area contributed by atoms with Crippen molar-refractivity contribution in [1.29, 1.82) is 0 Å². The van der Waals surface area contributed by atoms with Gasteiger partial charge in [0.2, 0.25) is 0 Å². The van der Waals surface area contributed by atoms with Gasteiger partial charge < -0.3 is 9.84 Å². The van der Waals surface area contributed by atoms with Gasteiger partial charge >= 0.3 is 0 Å². The van der Waals surface area contributed by atoms with Gasteiger partial charge in [-0.15, -0.1) is 0 Å². The van der Waals surface area contributed by atoms with Gasteiger partial charge in [-0.25, -0.2) is 0 Å². The van der Waals surface area contributed by atoms with Crippen LogP contribution in [-0.4, -0.2) is 18.2 Å². The summed E-state index contributed by atoms with van der Waals surface area (Å²) in [7, 11) is 0. The second-order valence-corrected chi connectivity index (χ2v) is 2.97. The van der Waals surface area contributed by atoms with Crippen LogP contribution in [0.25, 0.3) is 0 Å². The topological polar surface area (TPSA) is 38.1 Å². The Morgan fingerprint density at radius 1 is 1.64 bits per heavy atom. The van der Waals surface area contributed by atoms with Crippen LogP contribution in [-0.2, 0) is 0 Å². The number of piperidine rings is 1. The van der Waals surface area contributed by atoms with E-state index in [1.54, 1.807) is 6.26 Å². The Morgan fingerprint density at radius 2 is 2.64 bits per heavy atom. The van der Waals surface area contributed by atoms with Crippen LogP contribution in [0.15, 0.2) is 16.9 Å². The molecule has 1 aromatic heterocycles. The minimum Gasteiger partial charge on any atom is -0.365 e. The van der Waals surface area contributed by atoms with Crippen LogP contribution >= 0.6 is 0 Å². The van der Waals surface area contributed by atoms with E-state index in [1.165, 1.54) is 12.8 Å². The highest BCUT2D eigenvalue weighted by molar-refractivity contribution is 5.05. The first kappa shape index (κ1) is 6.85. The van der Waals surface area contributed by atoms with Crippen molar-refractivity contribution in [2.45, 2.75) is 18.8 Å². The molecule has 1 aromatic rings. The van der Waals surface area contributed by atoms with Gasteiger partial charge in [0.15, 0.2) is 0 Å². The maximum atomic E-state index is 4.79. The van der Waals surface area contributed by atoms with Crippen molar-refractivity contribution in [3.8, 4) is 0 Å². The maximum absolute atomic E-state index is 4.79. The average molecular weight is 152 g/mol. The fourth-order valence-electron chi connectivity index (χ4n) is 1.54. The molecule has 0 radical (unpaired) electrons. The molecule has 2 heterocycles. The van der Waals surface area contributed by atoms with Crippen LogP contribution < -0.4 is 5.32 Å². The molecule has 11 heavy (non-hydrogen) atoms. The van der Waals surface area contributed by atoms with E-state index in [-0.39, 0.29) is 0 Å². The van der Waals surface area contributed by atoms with Gasteiger partial charge in [0.05, 0.1) is 5.69 Å². The summed E-state index contributed by atoms with van der Waals surface area (Å²) >= 11 is 0. The van der Waals surface area contributed by atoms with E-state index in [2.05, 4.69) is 10.5 Å². The SMILES string of the molecule is c1cc(C2CCCNC2)no1. The normalized spacial score (nSPS) is 25.3. The molecule has 0 bridgehead atoms. The highest BCUT2D eigenvalue weighted by Gasteiger charge is 2.16. The van der Waals surface area contributed by atoms with Gasteiger partial charge in [0, 0.05) is 18.5 Å². The van der Waals surface area contributed by atoms with Gasteiger partial charge in [0.25, 0.3) is 0 Å². The fraction of sp³-hybridized carbons (Fsp3) is 0.625. The van der Waals surface area contributed by atoms with E-state index in [9.17, 15) is 0 Å². The molecular formula is C8H12N2O. The Bertz CT molecular complexity index is 202. The number of rotatable bonds is 1. The minimum absolute atomic E-state index is 0.572. The summed E-state index contributed by atoms with van der Waals surface area (Å²) in [5.41, 5.74) is 1.09. The number of hydrogen-bond donors (Lipinski definition) is 1. The lowest BCUT2D eigenvalue weighted by molar-refractivity contribution is 0.386. The number of aromatic nitrogens is 1. The van der Waals surface area contributed by atoms with Gasteiger partial charge in [-0.05, 0) is 19.4 Å². The lowest BCUT2D eigenvalue weighted by Crippen LogP contribution is -2.28. The van der Waals surface area contributed by atoms with Crippen LogP contribution in [0.4, 0.5) is 0 Å². The van der Waals surface area contributed by atoms with E-state index in [4.69, 9.17) is 4.52 Å². The summed E-state index contributed by atoms with van der Waals surface area (Å²) in [5, 5.41) is 7.27. The molecule has 1 aliphatic heterocycles. The zero-order chi connectivity index (χ0) is 7.52. The predicted molar refractivity (Wildman–Crippen MR) is 41.3 cm³/mol. The second-order valence-electron chi connectivity index (χ2n) is 2.97. The Balaban J connectivity index is 2.04. The third-order valence-corrected chi connectivity index (χ3v) is 2.17. The number of nitrogens with one attached hydrogen (secondary N) is 1. The Kier molecular flexibility index (Phi) is 1.90. The smallest absolute Gasteiger partial charge is 0.124 e. The van der Waals surface area contributed by atoms with Gasteiger partial charge in [-0.3, -0.25) is 0 Å². The molecular weight excluding hydrogens is 140 g/mol. The van der Waals surface area contributed by atoms with Gasteiger partial charge in [-0.1, -0.05) is 5.16 Å². The van der Waals surface area contributed by atoms with Crippen LogP contribution in [0.2, 0.25) is 0 Å². The number of hydrogen-bond acceptors (Lipinski definition) is 3. The largest absolute Gasteiger partial charge is 0.365 e. The van der Waals surface area contributed by atoms with Crippen molar-refractivity contribution in [1.82, 2.24) is 10.5 Å². The quantitative estimate of drug-likeness (QED) is 0.655. The molecule has 0 aliphatic carbocycles. The Morgan fingerprint density at radius 3 is 3.27 bits per heavy atom. The zero-order valence-electron chi connectivity index (χ0n) is 6.42. The first-order valence-electron chi connectivity index (χ1n) is 4.08. The van der Waals surface area contributed by atoms with Crippen molar-refractivity contribution in [2.75, 3.05) is 13.1 Å². The lowest BCUT2D eigenvalue weighted by atomic mass is 9.97. The molecule has 3 nitrogen and oxygen atoms in total.